The quantitative estimate of drug-likeness (QED) is 0.929. The second-order valence-corrected chi connectivity index (χ2v) is 5.23. The Balaban J connectivity index is 2.31. The molecule has 0 fully saturated rings. The maximum absolute atomic E-state index is 13.3. The van der Waals surface area contributed by atoms with E-state index in [0.29, 0.717) is 11.0 Å². The van der Waals surface area contributed by atoms with Gasteiger partial charge in [-0.1, -0.05) is 24.3 Å². The number of benzene rings is 2. The number of rotatable bonds is 4. The van der Waals surface area contributed by atoms with Crippen molar-refractivity contribution in [2.45, 2.75) is 6.04 Å². The molecule has 0 heterocycles. The van der Waals surface area contributed by atoms with Crippen molar-refractivity contribution in [2.75, 3.05) is 18.5 Å². The van der Waals surface area contributed by atoms with E-state index in [1.807, 2.05) is 37.4 Å². The lowest BCUT2D eigenvalue weighted by Gasteiger charge is -2.29. The van der Waals surface area contributed by atoms with Crippen LogP contribution in [0.2, 0.25) is 0 Å². The zero-order chi connectivity index (χ0) is 13.8. The van der Waals surface area contributed by atoms with Crippen molar-refractivity contribution in [1.29, 1.82) is 0 Å². The minimum absolute atomic E-state index is 0.0132. The summed E-state index contributed by atoms with van der Waals surface area (Å²) in [5.41, 5.74) is 7.95. The third-order valence-electron chi connectivity index (χ3n) is 3.18. The Hall–Kier alpha value is -1.39. The first-order chi connectivity index (χ1) is 9.13. The third-order valence-corrected chi connectivity index (χ3v) is 3.79. The van der Waals surface area contributed by atoms with Crippen LogP contribution in [0, 0.1) is 5.82 Å². The molecule has 100 valence electrons. The number of nitrogens with two attached hydrogens (primary N) is 1. The highest BCUT2D eigenvalue weighted by atomic mass is 79.9. The molecule has 1 unspecified atom stereocenters. The lowest BCUT2D eigenvalue weighted by atomic mass is 10.0. The molecule has 19 heavy (non-hydrogen) atoms. The number of likely N-dealkylation sites (N-methyl/N-ethyl adjacent to an activating group) is 1. The SMILES string of the molecule is CN(c1ccccc1)C(CN)c1ccc(F)c(Br)c1. The van der Waals surface area contributed by atoms with E-state index < -0.39 is 0 Å². The van der Waals surface area contributed by atoms with Crippen LogP contribution in [-0.2, 0) is 0 Å². The molecule has 0 saturated carbocycles. The molecule has 0 saturated heterocycles. The van der Waals surface area contributed by atoms with Crippen LogP contribution in [0.15, 0.2) is 53.0 Å². The van der Waals surface area contributed by atoms with Crippen molar-refractivity contribution in [3.8, 4) is 0 Å². The molecule has 2 aromatic rings. The van der Waals surface area contributed by atoms with Gasteiger partial charge in [0.05, 0.1) is 10.5 Å². The maximum atomic E-state index is 13.3. The molecule has 1 atom stereocenters. The van der Waals surface area contributed by atoms with Crippen LogP contribution in [0.1, 0.15) is 11.6 Å². The molecule has 2 aromatic carbocycles. The van der Waals surface area contributed by atoms with E-state index in [1.54, 1.807) is 12.1 Å². The number of para-hydroxylation sites is 1. The second kappa shape index (κ2) is 6.17. The number of hydrogen-bond acceptors (Lipinski definition) is 2. The average Bonchev–Trinajstić information content (AvgIpc) is 2.44. The van der Waals surface area contributed by atoms with Crippen LogP contribution in [0.25, 0.3) is 0 Å². The first kappa shape index (κ1) is 14.0. The molecule has 0 bridgehead atoms. The molecule has 2 rings (SSSR count). The largest absolute Gasteiger partial charge is 0.366 e. The van der Waals surface area contributed by atoms with Gasteiger partial charge in [-0.3, -0.25) is 0 Å². The summed E-state index contributed by atoms with van der Waals surface area (Å²) in [6.45, 7) is 0.462. The van der Waals surface area contributed by atoms with E-state index in [1.165, 1.54) is 6.07 Å². The fourth-order valence-corrected chi connectivity index (χ4v) is 2.48. The Morgan fingerprint density at radius 3 is 2.47 bits per heavy atom. The number of hydrogen-bond donors (Lipinski definition) is 1. The van der Waals surface area contributed by atoms with Crippen LogP contribution in [0.3, 0.4) is 0 Å². The van der Waals surface area contributed by atoms with E-state index in [0.717, 1.165) is 11.3 Å². The lowest BCUT2D eigenvalue weighted by molar-refractivity contribution is 0.616. The Kier molecular flexibility index (Phi) is 4.56. The van der Waals surface area contributed by atoms with Crippen molar-refractivity contribution >= 4 is 21.6 Å². The fourth-order valence-electron chi connectivity index (χ4n) is 2.08. The second-order valence-electron chi connectivity index (χ2n) is 4.37. The lowest BCUT2D eigenvalue weighted by Crippen LogP contribution is -2.30. The van der Waals surface area contributed by atoms with E-state index >= 15 is 0 Å². The smallest absolute Gasteiger partial charge is 0.137 e. The van der Waals surface area contributed by atoms with Gasteiger partial charge in [-0.2, -0.15) is 0 Å². The van der Waals surface area contributed by atoms with E-state index in [-0.39, 0.29) is 11.9 Å². The topological polar surface area (TPSA) is 29.3 Å². The molecule has 0 spiro atoms. The Labute approximate surface area is 121 Å². The van der Waals surface area contributed by atoms with Crippen LogP contribution < -0.4 is 10.6 Å². The van der Waals surface area contributed by atoms with Gasteiger partial charge in [0.2, 0.25) is 0 Å². The molecule has 0 aliphatic rings. The minimum Gasteiger partial charge on any atom is -0.366 e. The van der Waals surface area contributed by atoms with Crippen molar-refractivity contribution in [2.24, 2.45) is 5.73 Å². The summed E-state index contributed by atoms with van der Waals surface area (Å²) in [4.78, 5) is 2.10. The Morgan fingerprint density at radius 2 is 1.89 bits per heavy atom. The Morgan fingerprint density at radius 1 is 1.21 bits per heavy atom. The monoisotopic (exact) mass is 322 g/mol. The molecule has 0 radical (unpaired) electrons. The zero-order valence-corrected chi connectivity index (χ0v) is 12.3. The summed E-state index contributed by atoms with van der Waals surface area (Å²) in [5.74, 6) is -0.262. The highest BCUT2D eigenvalue weighted by molar-refractivity contribution is 9.10. The molecular formula is C15H16BrFN2. The molecule has 0 amide bonds. The zero-order valence-electron chi connectivity index (χ0n) is 10.7. The predicted molar refractivity (Wildman–Crippen MR) is 80.7 cm³/mol. The van der Waals surface area contributed by atoms with Crippen molar-refractivity contribution in [3.05, 3.63) is 64.4 Å². The Bertz CT molecular complexity index is 545. The summed E-state index contributed by atoms with van der Waals surface area (Å²) < 4.78 is 13.8. The van der Waals surface area contributed by atoms with Gasteiger partial charge >= 0.3 is 0 Å². The third kappa shape index (κ3) is 3.14. The van der Waals surface area contributed by atoms with Gasteiger partial charge in [0.15, 0.2) is 0 Å². The minimum atomic E-state index is -0.262. The van der Waals surface area contributed by atoms with Gasteiger partial charge < -0.3 is 10.6 Å². The predicted octanol–water partition coefficient (Wildman–Crippen LogP) is 3.72. The van der Waals surface area contributed by atoms with Crippen molar-refractivity contribution in [1.82, 2.24) is 0 Å². The van der Waals surface area contributed by atoms with Gasteiger partial charge in [0.25, 0.3) is 0 Å². The van der Waals surface area contributed by atoms with Gasteiger partial charge in [-0.15, -0.1) is 0 Å². The molecule has 4 heteroatoms. The molecular weight excluding hydrogens is 307 g/mol. The molecule has 0 aliphatic carbocycles. The standard InChI is InChI=1S/C15H16BrFN2/c1-19(12-5-3-2-4-6-12)15(10-18)11-7-8-14(17)13(16)9-11/h2-9,15H,10,18H2,1H3. The molecule has 0 aromatic heterocycles. The summed E-state index contributed by atoms with van der Waals surface area (Å²) in [5, 5.41) is 0. The highest BCUT2D eigenvalue weighted by Crippen LogP contribution is 2.27. The summed E-state index contributed by atoms with van der Waals surface area (Å²) in [6.07, 6.45) is 0. The summed E-state index contributed by atoms with van der Waals surface area (Å²) >= 11 is 3.21. The van der Waals surface area contributed by atoms with Crippen molar-refractivity contribution in [3.63, 3.8) is 0 Å². The first-order valence-corrected chi connectivity index (χ1v) is 6.85. The molecule has 2 nitrogen and oxygen atoms in total. The van der Waals surface area contributed by atoms with Gasteiger partial charge in [0, 0.05) is 19.3 Å². The van der Waals surface area contributed by atoms with Crippen molar-refractivity contribution < 1.29 is 4.39 Å². The number of halogens is 2. The highest BCUT2D eigenvalue weighted by Gasteiger charge is 2.16. The molecule has 2 N–H and O–H groups in total. The summed E-state index contributed by atoms with van der Waals surface area (Å²) in [6, 6.07) is 15.0. The van der Waals surface area contributed by atoms with Crippen LogP contribution in [-0.4, -0.2) is 13.6 Å². The van der Waals surface area contributed by atoms with Gasteiger partial charge in [0.1, 0.15) is 5.82 Å². The van der Waals surface area contributed by atoms with Gasteiger partial charge in [-0.05, 0) is 45.8 Å². The van der Waals surface area contributed by atoms with E-state index in [9.17, 15) is 4.39 Å². The van der Waals surface area contributed by atoms with E-state index in [2.05, 4.69) is 20.8 Å². The van der Waals surface area contributed by atoms with Crippen LogP contribution in [0.4, 0.5) is 10.1 Å². The number of anilines is 1. The average molecular weight is 323 g/mol. The van der Waals surface area contributed by atoms with Crippen LogP contribution in [0.5, 0.6) is 0 Å². The number of nitrogens with zero attached hydrogens (tertiary/aromatic N) is 1. The normalized spacial score (nSPS) is 12.2. The van der Waals surface area contributed by atoms with E-state index in [4.69, 9.17) is 5.73 Å². The first-order valence-electron chi connectivity index (χ1n) is 6.06. The molecule has 0 aliphatic heterocycles. The van der Waals surface area contributed by atoms with Crippen LogP contribution >= 0.6 is 15.9 Å². The maximum Gasteiger partial charge on any atom is 0.137 e. The van der Waals surface area contributed by atoms with Gasteiger partial charge in [-0.25, -0.2) is 4.39 Å². The summed E-state index contributed by atoms with van der Waals surface area (Å²) in [7, 11) is 1.99. The fraction of sp³-hybridized carbons (Fsp3) is 0.200.